The highest BCUT2D eigenvalue weighted by Gasteiger charge is 2.32. The molecule has 102 valence electrons. The lowest BCUT2D eigenvalue weighted by atomic mass is 9.73. The van der Waals surface area contributed by atoms with E-state index in [0.29, 0.717) is 18.1 Å². The summed E-state index contributed by atoms with van der Waals surface area (Å²) >= 11 is 0. The summed E-state index contributed by atoms with van der Waals surface area (Å²) in [5, 5.41) is 8.97. The minimum Gasteiger partial charge on any atom is -0.396 e. The molecule has 0 radical (unpaired) electrons. The number of nitrogens with zero attached hydrogens (tertiary/aromatic N) is 1. The maximum absolute atomic E-state index is 8.97. The van der Waals surface area contributed by atoms with E-state index in [1.54, 1.807) is 0 Å². The zero-order valence-corrected chi connectivity index (χ0v) is 11.6. The zero-order chi connectivity index (χ0) is 12.7. The quantitative estimate of drug-likeness (QED) is 0.718. The van der Waals surface area contributed by atoms with Crippen LogP contribution >= 0.6 is 0 Å². The first-order chi connectivity index (χ1) is 8.13. The average Bonchev–Trinajstić information content (AvgIpc) is 2.35. The van der Waals surface area contributed by atoms with Gasteiger partial charge in [-0.25, -0.2) is 0 Å². The van der Waals surface area contributed by atoms with Crippen LogP contribution in [-0.2, 0) is 0 Å². The number of hydrogen-bond donors (Lipinski definition) is 2. The first-order valence-corrected chi connectivity index (χ1v) is 7.18. The molecule has 0 amide bonds. The second-order valence-electron chi connectivity index (χ2n) is 5.91. The van der Waals surface area contributed by atoms with Crippen molar-refractivity contribution >= 4 is 0 Å². The highest BCUT2D eigenvalue weighted by atomic mass is 16.3. The van der Waals surface area contributed by atoms with Crippen molar-refractivity contribution in [2.75, 3.05) is 26.2 Å². The fourth-order valence-corrected chi connectivity index (χ4v) is 2.95. The first-order valence-electron chi connectivity index (χ1n) is 7.18. The first kappa shape index (κ1) is 14.9. The van der Waals surface area contributed by atoms with Gasteiger partial charge in [-0.1, -0.05) is 19.3 Å². The summed E-state index contributed by atoms with van der Waals surface area (Å²) < 4.78 is 0. The summed E-state index contributed by atoms with van der Waals surface area (Å²) in [5.41, 5.74) is 6.38. The molecule has 0 saturated heterocycles. The van der Waals surface area contributed by atoms with Crippen LogP contribution in [0.4, 0.5) is 0 Å². The van der Waals surface area contributed by atoms with Crippen molar-refractivity contribution in [1.82, 2.24) is 4.90 Å². The lowest BCUT2D eigenvalue weighted by molar-refractivity contribution is 0.0854. The average molecular weight is 242 g/mol. The van der Waals surface area contributed by atoms with E-state index in [4.69, 9.17) is 10.8 Å². The molecule has 0 unspecified atom stereocenters. The van der Waals surface area contributed by atoms with Crippen LogP contribution in [0.2, 0.25) is 0 Å². The summed E-state index contributed by atoms with van der Waals surface area (Å²) in [7, 11) is 0. The maximum Gasteiger partial charge on any atom is 0.0443 e. The minimum absolute atomic E-state index is 0.291. The van der Waals surface area contributed by atoms with Crippen molar-refractivity contribution in [3.8, 4) is 0 Å². The Bertz CT molecular complexity index is 200. The second-order valence-corrected chi connectivity index (χ2v) is 5.91. The fraction of sp³-hybridized carbons (Fsp3) is 1.00. The Morgan fingerprint density at radius 1 is 1.24 bits per heavy atom. The van der Waals surface area contributed by atoms with Gasteiger partial charge in [-0.05, 0) is 45.1 Å². The molecule has 0 heterocycles. The van der Waals surface area contributed by atoms with E-state index in [1.165, 1.54) is 32.1 Å². The zero-order valence-electron chi connectivity index (χ0n) is 11.6. The standard InChI is InChI=1S/C14H30N2O/c1-13(2)16(9-6-10-17)12-14(11-15)7-4-3-5-8-14/h13,17H,3-12,15H2,1-2H3. The van der Waals surface area contributed by atoms with Gasteiger partial charge in [0.2, 0.25) is 0 Å². The van der Waals surface area contributed by atoms with Crippen LogP contribution in [0.5, 0.6) is 0 Å². The third-order valence-corrected chi connectivity index (χ3v) is 4.22. The van der Waals surface area contributed by atoms with E-state index < -0.39 is 0 Å². The van der Waals surface area contributed by atoms with Crippen molar-refractivity contribution in [3.63, 3.8) is 0 Å². The van der Waals surface area contributed by atoms with Gasteiger partial charge < -0.3 is 15.7 Å². The molecule has 0 aromatic carbocycles. The van der Waals surface area contributed by atoms with Gasteiger partial charge in [0.1, 0.15) is 0 Å². The van der Waals surface area contributed by atoms with E-state index in [-0.39, 0.29) is 0 Å². The number of hydrogen-bond acceptors (Lipinski definition) is 3. The molecular formula is C14H30N2O. The Kier molecular flexibility index (Phi) is 6.45. The fourth-order valence-electron chi connectivity index (χ4n) is 2.95. The Morgan fingerprint density at radius 3 is 2.35 bits per heavy atom. The summed E-state index contributed by atoms with van der Waals surface area (Å²) in [4.78, 5) is 2.49. The molecule has 1 aliphatic carbocycles. The van der Waals surface area contributed by atoms with Crippen LogP contribution in [0.3, 0.4) is 0 Å². The van der Waals surface area contributed by atoms with Crippen LogP contribution in [0, 0.1) is 5.41 Å². The topological polar surface area (TPSA) is 49.5 Å². The Balaban J connectivity index is 2.55. The van der Waals surface area contributed by atoms with E-state index in [1.807, 2.05) is 0 Å². The van der Waals surface area contributed by atoms with Gasteiger partial charge in [0.15, 0.2) is 0 Å². The monoisotopic (exact) mass is 242 g/mol. The van der Waals surface area contributed by atoms with Gasteiger partial charge >= 0.3 is 0 Å². The van der Waals surface area contributed by atoms with Crippen molar-refractivity contribution in [1.29, 1.82) is 0 Å². The number of rotatable bonds is 7. The lowest BCUT2D eigenvalue weighted by Crippen LogP contribution is -2.46. The van der Waals surface area contributed by atoms with Gasteiger partial charge in [0.05, 0.1) is 0 Å². The maximum atomic E-state index is 8.97. The largest absolute Gasteiger partial charge is 0.396 e. The SMILES string of the molecule is CC(C)N(CCCO)CC1(CN)CCCCC1. The highest BCUT2D eigenvalue weighted by molar-refractivity contribution is 4.87. The Morgan fingerprint density at radius 2 is 1.88 bits per heavy atom. The summed E-state index contributed by atoms with van der Waals surface area (Å²) in [6.07, 6.45) is 7.49. The third-order valence-electron chi connectivity index (χ3n) is 4.22. The molecule has 0 bridgehead atoms. The molecule has 3 heteroatoms. The molecule has 0 atom stereocenters. The van der Waals surface area contributed by atoms with E-state index in [0.717, 1.165) is 26.1 Å². The molecule has 1 aliphatic rings. The Hall–Kier alpha value is -0.120. The minimum atomic E-state index is 0.291. The summed E-state index contributed by atoms with van der Waals surface area (Å²) in [6, 6.07) is 0.548. The summed E-state index contributed by atoms with van der Waals surface area (Å²) in [6.45, 7) is 7.69. The molecule has 0 aromatic rings. The molecule has 0 aromatic heterocycles. The van der Waals surface area contributed by atoms with Gasteiger partial charge in [0, 0.05) is 25.7 Å². The predicted molar refractivity (Wildman–Crippen MR) is 73.0 cm³/mol. The number of aliphatic hydroxyl groups is 1. The molecule has 17 heavy (non-hydrogen) atoms. The second kappa shape index (κ2) is 7.34. The highest BCUT2D eigenvalue weighted by Crippen LogP contribution is 2.36. The number of nitrogens with two attached hydrogens (primary N) is 1. The van der Waals surface area contributed by atoms with Crippen LogP contribution in [0.25, 0.3) is 0 Å². The Labute approximate surface area is 106 Å². The van der Waals surface area contributed by atoms with Crippen LogP contribution in [0.1, 0.15) is 52.4 Å². The molecule has 3 nitrogen and oxygen atoms in total. The normalized spacial score (nSPS) is 20.1. The smallest absolute Gasteiger partial charge is 0.0443 e. The van der Waals surface area contributed by atoms with E-state index in [9.17, 15) is 0 Å². The molecule has 3 N–H and O–H groups in total. The van der Waals surface area contributed by atoms with Gasteiger partial charge in [-0.2, -0.15) is 0 Å². The molecular weight excluding hydrogens is 212 g/mol. The van der Waals surface area contributed by atoms with E-state index in [2.05, 4.69) is 18.7 Å². The molecule has 1 fully saturated rings. The number of aliphatic hydroxyl groups excluding tert-OH is 1. The lowest BCUT2D eigenvalue weighted by Gasteiger charge is -2.42. The molecule has 0 spiro atoms. The molecule has 1 rings (SSSR count). The van der Waals surface area contributed by atoms with E-state index >= 15 is 0 Å². The van der Waals surface area contributed by atoms with Crippen molar-refractivity contribution < 1.29 is 5.11 Å². The molecule has 1 saturated carbocycles. The van der Waals surface area contributed by atoms with Gasteiger partial charge in [-0.3, -0.25) is 0 Å². The predicted octanol–water partition coefficient (Wildman–Crippen LogP) is 1.99. The van der Waals surface area contributed by atoms with Gasteiger partial charge in [-0.15, -0.1) is 0 Å². The van der Waals surface area contributed by atoms with Crippen LogP contribution < -0.4 is 5.73 Å². The van der Waals surface area contributed by atoms with Crippen molar-refractivity contribution in [2.24, 2.45) is 11.1 Å². The van der Waals surface area contributed by atoms with Crippen LogP contribution in [-0.4, -0.2) is 42.3 Å². The van der Waals surface area contributed by atoms with Gasteiger partial charge in [0.25, 0.3) is 0 Å². The van der Waals surface area contributed by atoms with Crippen LogP contribution in [0.15, 0.2) is 0 Å². The third kappa shape index (κ3) is 4.57. The summed E-state index contributed by atoms with van der Waals surface area (Å²) in [5.74, 6) is 0. The molecule has 0 aliphatic heterocycles. The van der Waals surface area contributed by atoms with Crippen molar-refractivity contribution in [2.45, 2.75) is 58.4 Å². The van der Waals surface area contributed by atoms with Crippen molar-refractivity contribution in [3.05, 3.63) is 0 Å².